The summed E-state index contributed by atoms with van der Waals surface area (Å²) in [5.41, 5.74) is 3.27. The average molecular weight is 327 g/mol. The van der Waals surface area contributed by atoms with Crippen LogP contribution in [0.15, 0.2) is 39.7 Å². The second-order valence-corrected chi connectivity index (χ2v) is 6.96. The quantitative estimate of drug-likeness (QED) is 0.720. The van der Waals surface area contributed by atoms with E-state index in [9.17, 15) is 5.26 Å². The lowest BCUT2D eigenvalue weighted by molar-refractivity contribution is 0.184. The molecule has 0 aliphatic rings. The van der Waals surface area contributed by atoms with Crippen molar-refractivity contribution in [1.82, 2.24) is 9.97 Å². The highest BCUT2D eigenvalue weighted by atomic mass is 32.2. The second-order valence-electron chi connectivity index (χ2n) is 4.70. The van der Waals surface area contributed by atoms with Crippen LogP contribution in [-0.2, 0) is 11.3 Å². The maximum Gasteiger partial charge on any atom is 0.157 e. The average Bonchev–Trinajstić information content (AvgIpc) is 2.89. The highest BCUT2D eigenvalue weighted by Gasteiger charge is 2.15. The number of hydrogen-bond acceptors (Lipinski definition) is 6. The molecule has 110 valence electrons. The number of pyridine rings is 1. The van der Waals surface area contributed by atoms with Gasteiger partial charge in [0.15, 0.2) is 4.34 Å². The summed E-state index contributed by atoms with van der Waals surface area (Å²) in [4.78, 5) is 9.09. The Kier molecular flexibility index (Phi) is 4.39. The lowest BCUT2D eigenvalue weighted by Crippen LogP contribution is -1.99. The van der Waals surface area contributed by atoms with Gasteiger partial charge < -0.3 is 4.74 Å². The number of fused-ring (bicyclic) bond motifs is 1. The Morgan fingerprint density at radius 2 is 2.14 bits per heavy atom. The van der Waals surface area contributed by atoms with Crippen LogP contribution in [0.2, 0.25) is 0 Å². The number of hydrogen-bond donors (Lipinski definition) is 0. The SMILES string of the molecule is COCc1cc(C)nc(Sc2nc3ccccc3s2)c1C#N. The predicted octanol–water partition coefficient (Wildman–Crippen LogP) is 4.17. The molecule has 3 rings (SSSR count). The second kappa shape index (κ2) is 6.44. The summed E-state index contributed by atoms with van der Waals surface area (Å²) >= 11 is 3.04. The first-order valence-electron chi connectivity index (χ1n) is 6.64. The highest BCUT2D eigenvalue weighted by Crippen LogP contribution is 2.35. The van der Waals surface area contributed by atoms with Crippen LogP contribution in [0.1, 0.15) is 16.8 Å². The molecule has 2 aromatic heterocycles. The van der Waals surface area contributed by atoms with E-state index in [2.05, 4.69) is 16.0 Å². The van der Waals surface area contributed by atoms with E-state index in [0.29, 0.717) is 17.2 Å². The fourth-order valence-corrected chi connectivity index (χ4v) is 4.30. The number of para-hydroxylation sites is 1. The number of benzene rings is 1. The molecule has 0 N–H and O–H groups in total. The van der Waals surface area contributed by atoms with Crippen molar-refractivity contribution in [1.29, 1.82) is 5.26 Å². The van der Waals surface area contributed by atoms with Gasteiger partial charge in [0.1, 0.15) is 11.1 Å². The van der Waals surface area contributed by atoms with Gasteiger partial charge in [-0.2, -0.15) is 5.26 Å². The van der Waals surface area contributed by atoms with Gasteiger partial charge in [0.05, 0.1) is 22.4 Å². The summed E-state index contributed by atoms with van der Waals surface area (Å²) in [5.74, 6) is 0. The number of nitriles is 1. The summed E-state index contributed by atoms with van der Waals surface area (Å²) in [6, 6.07) is 12.1. The predicted molar refractivity (Wildman–Crippen MR) is 88.1 cm³/mol. The van der Waals surface area contributed by atoms with E-state index < -0.39 is 0 Å². The molecule has 0 fully saturated rings. The van der Waals surface area contributed by atoms with E-state index in [-0.39, 0.29) is 0 Å². The minimum absolute atomic E-state index is 0.402. The molecule has 0 spiro atoms. The first kappa shape index (κ1) is 15.0. The summed E-state index contributed by atoms with van der Waals surface area (Å²) in [5, 5.41) is 10.1. The van der Waals surface area contributed by atoms with Gasteiger partial charge in [-0.3, -0.25) is 0 Å². The van der Waals surface area contributed by atoms with Gasteiger partial charge >= 0.3 is 0 Å². The first-order chi connectivity index (χ1) is 10.7. The molecule has 6 heteroatoms. The van der Waals surface area contributed by atoms with Crippen LogP contribution in [0.5, 0.6) is 0 Å². The summed E-state index contributed by atoms with van der Waals surface area (Å²) in [6.45, 7) is 2.32. The van der Waals surface area contributed by atoms with Gasteiger partial charge in [-0.15, -0.1) is 11.3 Å². The molecule has 3 aromatic rings. The van der Waals surface area contributed by atoms with Crippen LogP contribution >= 0.6 is 23.1 Å². The Labute approximate surface area is 136 Å². The lowest BCUT2D eigenvalue weighted by Gasteiger charge is -2.08. The molecule has 0 saturated carbocycles. The number of thiazole rings is 1. The fraction of sp³-hybridized carbons (Fsp3) is 0.188. The number of methoxy groups -OCH3 is 1. The molecule has 1 aromatic carbocycles. The number of aromatic nitrogens is 2. The number of ether oxygens (including phenoxy) is 1. The lowest BCUT2D eigenvalue weighted by atomic mass is 10.1. The van der Waals surface area contributed by atoms with Gasteiger partial charge in [-0.1, -0.05) is 12.1 Å². The third-order valence-electron chi connectivity index (χ3n) is 3.07. The van der Waals surface area contributed by atoms with E-state index >= 15 is 0 Å². The normalized spacial score (nSPS) is 10.8. The molecule has 0 saturated heterocycles. The molecule has 2 heterocycles. The Hall–Kier alpha value is -1.94. The van der Waals surface area contributed by atoms with Crippen LogP contribution in [0.25, 0.3) is 10.2 Å². The van der Waals surface area contributed by atoms with E-state index in [1.54, 1.807) is 18.4 Å². The Bertz CT molecular complexity index is 834. The van der Waals surface area contributed by atoms with Crippen LogP contribution in [0.3, 0.4) is 0 Å². The third kappa shape index (κ3) is 2.97. The fourth-order valence-electron chi connectivity index (χ4n) is 2.15. The zero-order chi connectivity index (χ0) is 15.5. The molecule has 22 heavy (non-hydrogen) atoms. The maximum atomic E-state index is 9.46. The van der Waals surface area contributed by atoms with Gasteiger partial charge in [-0.05, 0) is 36.9 Å². The third-order valence-corrected chi connectivity index (χ3v) is 5.15. The molecule has 4 nitrogen and oxygen atoms in total. The standard InChI is InChI=1S/C16H13N3OS2/c1-10-7-11(9-20-2)12(8-17)15(18-10)22-16-19-13-5-3-4-6-14(13)21-16/h3-7H,9H2,1-2H3. The van der Waals surface area contributed by atoms with Gasteiger partial charge in [0, 0.05) is 18.4 Å². The summed E-state index contributed by atoms with van der Waals surface area (Å²) in [6.07, 6.45) is 0. The van der Waals surface area contributed by atoms with Crippen LogP contribution in [0.4, 0.5) is 0 Å². The molecular weight excluding hydrogens is 314 g/mol. The molecule has 0 unspecified atom stereocenters. The van der Waals surface area contributed by atoms with Crippen molar-refractivity contribution >= 4 is 33.3 Å². The highest BCUT2D eigenvalue weighted by molar-refractivity contribution is 8.01. The largest absolute Gasteiger partial charge is 0.380 e. The minimum Gasteiger partial charge on any atom is -0.380 e. The molecule has 0 atom stereocenters. The number of nitrogens with zero attached hydrogens (tertiary/aromatic N) is 3. The van der Waals surface area contributed by atoms with Crippen molar-refractivity contribution in [3.8, 4) is 6.07 Å². The van der Waals surface area contributed by atoms with Crippen molar-refractivity contribution < 1.29 is 4.74 Å². The van der Waals surface area contributed by atoms with Crippen molar-refractivity contribution in [2.24, 2.45) is 0 Å². The number of rotatable bonds is 4. The van der Waals surface area contributed by atoms with Crippen molar-refractivity contribution in [2.75, 3.05) is 7.11 Å². The molecule has 0 amide bonds. The zero-order valence-electron chi connectivity index (χ0n) is 12.2. The topological polar surface area (TPSA) is 58.8 Å². The van der Waals surface area contributed by atoms with Gasteiger partial charge in [0.2, 0.25) is 0 Å². The van der Waals surface area contributed by atoms with Gasteiger partial charge in [-0.25, -0.2) is 9.97 Å². The molecule has 0 aliphatic carbocycles. The van der Waals surface area contributed by atoms with Crippen molar-refractivity contribution in [2.45, 2.75) is 22.9 Å². The molecule has 0 radical (unpaired) electrons. The monoisotopic (exact) mass is 327 g/mol. The minimum atomic E-state index is 0.402. The number of aryl methyl sites for hydroxylation is 1. The first-order valence-corrected chi connectivity index (χ1v) is 8.27. The summed E-state index contributed by atoms with van der Waals surface area (Å²) < 4.78 is 7.20. The van der Waals surface area contributed by atoms with Crippen LogP contribution in [-0.4, -0.2) is 17.1 Å². The smallest absolute Gasteiger partial charge is 0.157 e. The van der Waals surface area contributed by atoms with Crippen LogP contribution < -0.4 is 0 Å². The molecular formula is C16H13N3OS2. The Balaban J connectivity index is 2.02. The van der Waals surface area contributed by atoms with E-state index in [1.807, 2.05) is 37.3 Å². The molecule has 0 aliphatic heterocycles. The van der Waals surface area contributed by atoms with Crippen molar-refractivity contribution in [3.63, 3.8) is 0 Å². The van der Waals surface area contributed by atoms with E-state index in [4.69, 9.17) is 4.74 Å². The molecule has 0 bridgehead atoms. The Morgan fingerprint density at radius 3 is 2.86 bits per heavy atom. The Morgan fingerprint density at radius 1 is 1.32 bits per heavy atom. The van der Waals surface area contributed by atoms with Crippen molar-refractivity contribution in [3.05, 3.63) is 47.2 Å². The maximum absolute atomic E-state index is 9.46. The van der Waals surface area contributed by atoms with Crippen LogP contribution in [0, 0.1) is 18.3 Å². The zero-order valence-corrected chi connectivity index (χ0v) is 13.8. The summed E-state index contributed by atoms with van der Waals surface area (Å²) in [7, 11) is 1.62. The van der Waals surface area contributed by atoms with E-state index in [0.717, 1.165) is 25.8 Å². The van der Waals surface area contributed by atoms with Gasteiger partial charge in [0.25, 0.3) is 0 Å². The van der Waals surface area contributed by atoms with E-state index in [1.165, 1.54) is 11.8 Å².